The highest BCUT2D eigenvalue weighted by Crippen LogP contribution is 2.34. The summed E-state index contributed by atoms with van der Waals surface area (Å²) in [5.74, 6) is -0.170. The second-order valence-corrected chi connectivity index (χ2v) is 17.7. The van der Waals surface area contributed by atoms with Crippen LogP contribution >= 0.6 is 11.6 Å². The molecule has 1 aliphatic heterocycles. The van der Waals surface area contributed by atoms with Crippen molar-refractivity contribution in [1.29, 1.82) is 0 Å². The van der Waals surface area contributed by atoms with Gasteiger partial charge in [-0.2, -0.15) is 31.8 Å². The summed E-state index contributed by atoms with van der Waals surface area (Å²) < 4.78 is 119. The van der Waals surface area contributed by atoms with Crippen LogP contribution in [0.2, 0.25) is 5.28 Å². The van der Waals surface area contributed by atoms with Crippen LogP contribution in [0.3, 0.4) is 0 Å². The number of hydrogen-bond donors (Lipinski definition) is 5. The summed E-state index contributed by atoms with van der Waals surface area (Å²) >= 11 is 5.96. The van der Waals surface area contributed by atoms with Gasteiger partial charge >= 0.3 is 17.1 Å². The van der Waals surface area contributed by atoms with Crippen molar-refractivity contribution in [3.05, 3.63) is 119 Å². The molecule has 0 bridgehead atoms. The topological polar surface area (TPSA) is 271 Å². The van der Waals surface area contributed by atoms with Gasteiger partial charge in [0.1, 0.15) is 10.6 Å². The highest BCUT2D eigenvalue weighted by atomic mass is 35.5. The van der Waals surface area contributed by atoms with Gasteiger partial charge in [0, 0.05) is 42.3 Å². The van der Waals surface area contributed by atoms with Gasteiger partial charge < -0.3 is 24.3 Å². The van der Waals surface area contributed by atoms with Crippen LogP contribution in [0.5, 0.6) is 11.8 Å². The van der Waals surface area contributed by atoms with Gasteiger partial charge in [0.25, 0.3) is 20.2 Å². The molecule has 0 amide bonds. The molecule has 19 nitrogen and oxygen atoms in total. The van der Waals surface area contributed by atoms with Gasteiger partial charge in [0.2, 0.25) is 21.3 Å². The summed E-state index contributed by atoms with van der Waals surface area (Å²) in [7, 11) is -11.3. The summed E-state index contributed by atoms with van der Waals surface area (Å²) in [6.07, 6.45) is 4.04. The van der Waals surface area contributed by atoms with E-state index in [-0.39, 0.29) is 56.9 Å². The first-order chi connectivity index (χ1) is 28.8. The molecule has 0 saturated carbocycles. The van der Waals surface area contributed by atoms with Crippen molar-refractivity contribution in [3.8, 4) is 28.8 Å². The molecule has 2 heterocycles. The Kier molecular flexibility index (Phi) is 11.7. The van der Waals surface area contributed by atoms with E-state index in [1.165, 1.54) is 62.8 Å². The average molecular weight is 910 g/mol. The molecule has 23 heteroatoms. The lowest BCUT2D eigenvalue weighted by Crippen LogP contribution is -2.27. The number of nitrogens with zero attached hydrogens (tertiary/aromatic N) is 7. The van der Waals surface area contributed by atoms with Gasteiger partial charge in [-0.25, -0.2) is 9.19 Å². The Balaban J connectivity index is 1.44. The van der Waals surface area contributed by atoms with E-state index in [1.54, 1.807) is 47.0 Å². The van der Waals surface area contributed by atoms with Gasteiger partial charge in [-0.3, -0.25) is 18.2 Å². The molecule has 61 heavy (non-hydrogen) atoms. The van der Waals surface area contributed by atoms with E-state index in [4.69, 9.17) is 26.1 Å². The lowest BCUT2D eigenvalue weighted by Gasteiger charge is -2.25. The summed E-state index contributed by atoms with van der Waals surface area (Å²) in [6, 6.07) is 20.2. The maximum absolute atomic E-state index is 12.8. The van der Waals surface area contributed by atoms with E-state index < -0.39 is 40.1 Å². The van der Waals surface area contributed by atoms with Gasteiger partial charge in [-0.15, -0.1) is 0 Å². The molecule has 1 aromatic heterocycles. The van der Waals surface area contributed by atoms with E-state index in [2.05, 4.69) is 24.9 Å². The summed E-state index contributed by atoms with van der Waals surface area (Å²) in [4.78, 5) is 17.4. The Labute approximate surface area is 353 Å². The quantitative estimate of drug-likeness (QED) is 0.0534. The molecule has 0 unspecified atom stereocenters. The van der Waals surface area contributed by atoms with Crippen LogP contribution in [0.15, 0.2) is 113 Å². The van der Waals surface area contributed by atoms with E-state index in [0.29, 0.717) is 40.2 Å². The van der Waals surface area contributed by atoms with Crippen molar-refractivity contribution in [3.63, 3.8) is 0 Å². The van der Waals surface area contributed by atoms with E-state index in [1.807, 2.05) is 17.9 Å². The molecule has 316 valence electrons. The fourth-order valence-corrected chi connectivity index (χ4v) is 8.48. The standard InChI is InChI=1S/C38H33ClN8O11S3/c1-4-46(21-22-6-5-7-27(16-22)59(48,49)50)25-10-14-29-32(19-25)47(26-11-15-33(57-2)35(20-26)61(54,55)56)31-17-23(8-12-28(31)42-29)40-30-13-9-24(18-34(30)60(51,52)53)41-37-43-36(39)44-38(45-37)58-3/h5-20H,4,21H2,1-3H3,(H4,41,42,43,44,45,48,49,50,51,52,53,54,55,56)/p+1. The Morgan fingerprint density at radius 2 is 1.62 bits per heavy atom. The molecule has 2 aliphatic carbocycles. The van der Waals surface area contributed by atoms with Gasteiger partial charge in [0.05, 0.1) is 47.6 Å². The molecule has 3 aliphatic rings. The number of halogens is 1. The third-order valence-corrected chi connectivity index (χ3v) is 12.0. The number of ether oxygens (including phenoxy) is 2. The molecule has 0 saturated heterocycles. The smallest absolute Gasteiger partial charge is 0.347 e. The minimum Gasteiger partial charge on any atom is -0.495 e. The molecule has 3 aromatic carbocycles. The second kappa shape index (κ2) is 16.7. The van der Waals surface area contributed by atoms with E-state index in [9.17, 15) is 39.3 Å². The number of hydrogen-bond acceptors (Lipinski definition) is 13. The zero-order chi connectivity index (χ0) is 43.9. The number of benzene rings is 4. The predicted octanol–water partition coefficient (Wildman–Crippen LogP) is 3.88. The Hall–Kier alpha value is -6.20. The first kappa shape index (κ1) is 42.9. The molecule has 0 radical (unpaired) electrons. The minimum atomic E-state index is -4.80. The number of aromatic nitrogens is 5. The Morgan fingerprint density at radius 1 is 0.836 bits per heavy atom. The average Bonchev–Trinajstić information content (AvgIpc) is 3.21. The third kappa shape index (κ3) is 9.42. The maximum Gasteiger partial charge on any atom is 0.347 e. The number of nitrogens with one attached hydrogen (secondary N) is 1. The lowest BCUT2D eigenvalue weighted by molar-refractivity contribution is 0.379. The summed E-state index contributed by atoms with van der Waals surface area (Å²) in [6.45, 7) is 2.58. The first-order valence-electron chi connectivity index (χ1n) is 17.7. The Bertz CT molecular complexity index is 3260. The Morgan fingerprint density at radius 3 is 2.31 bits per heavy atom. The fourth-order valence-electron chi connectivity index (χ4n) is 6.44. The molecule has 0 fully saturated rings. The monoisotopic (exact) mass is 909 g/mol. The van der Waals surface area contributed by atoms with Crippen molar-refractivity contribution < 1.29 is 48.7 Å². The van der Waals surface area contributed by atoms with Crippen LogP contribution in [0.1, 0.15) is 12.5 Å². The molecule has 7 rings (SSSR count). The highest BCUT2D eigenvalue weighted by molar-refractivity contribution is 7.93. The maximum atomic E-state index is 12.8. The van der Waals surface area contributed by atoms with Crippen LogP contribution in [0, 0.1) is 0 Å². The number of fused-ring (bicyclic) bond motifs is 2. The van der Waals surface area contributed by atoms with Gasteiger partial charge in [0.15, 0.2) is 4.86 Å². The predicted molar refractivity (Wildman–Crippen MR) is 228 cm³/mol. The number of rotatable bonds is 11. The molecule has 0 atom stereocenters. The lowest BCUT2D eigenvalue weighted by atomic mass is 10.1. The molecular formula is C38H34ClN8O11S3+. The van der Waals surface area contributed by atoms with Crippen molar-refractivity contribution >= 4 is 75.2 Å². The van der Waals surface area contributed by atoms with Crippen molar-refractivity contribution in [2.24, 2.45) is 0 Å². The van der Waals surface area contributed by atoms with E-state index in [0.717, 1.165) is 0 Å². The van der Waals surface area contributed by atoms with Crippen LogP contribution < -0.4 is 29.7 Å². The van der Waals surface area contributed by atoms with Gasteiger partial charge in [-0.05, 0) is 90.8 Å². The minimum absolute atomic E-state index is 0.0547. The largest absolute Gasteiger partial charge is 0.495 e. The zero-order valence-electron chi connectivity index (χ0n) is 32.0. The SMILES string of the molecule is CCN(Cc1cccc(S(=O)(=O)O)c1)c1ccc2nc3ccc(=[N+]=C4C=CC(Nc5nc(Cl)nc(OC)n5)=CC4=S(=O)(O)O)cc-3n(-c3ccc(OC)c(S(=O)(=O)O)c3)c2c1. The number of allylic oxidation sites excluding steroid dienone is 3. The van der Waals surface area contributed by atoms with Crippen molar-refractivity contribution in [1.82, 2.24) is 29.2 Å². The molecule has 4 aromatic rings. The summed E-state index contributed by atoms with van der Waals surface area (Å²) in [5, 5.41) is 2.85. The third-order valence-electron chi connectivity index (χ3n) is 9.16. The summed E-state index contributed by atoms with van der Waals surface area (Å²) in [5.41, 5.74) is 3.30. The molecule has 5 N–H and O–H groups in total. The normalized spacial score (nSPS) is 13.3. The van der Waals surface area contributed by atoms with Crippen molar-refractivity contribution in [2.75, 3.05) is 31.0 Å². The first-order valence-corrected chi connectivity index (χ1v) is 22.4. The second-order valence-electron chi connectivity index (χ2n) is 13.1. The van der Waals surface area contributed by atoms with Crippen LogP contribution in [-0.2, 0) is 36.9 Å². The van der Waals surface area contributed by atoms with Gasteiger partial charge in [-0.1, -0.05) is 16.8 Å². The molecular weight excluding hydrogens is 876 g/mol. The van der Waals surface area contributed by atoms with Crippen molar-refractivity contribution in [2.45, 2.75) is 23.3 Å². The number of anilines is 2. The van der Waals surface area contributed by atoms with Crippen LogP contribution in [-0.4, -0.2) is 95.1 Å². The van der Waals surface area contributed by atoms with E-state index >= 15 is 0 Å². The fraction of sp³-hybridized carbons (Fsp3) is 0.132. The highest BCUT2D eigenvalue weighted by Gasteiger charge is 2.26. The van der Waals surface area contributed by atoms with Crippen LogP contribution in [0.4, 0.5) is 11.6 Å². The number of methoxy groups -OCH3 is 2. The van der Waals surface area contributed by atoms with Crippen LogP contribution in [0.25, 0.3) is 28.1 Å². The molecule has 0 spiro atoms. The zero-order valence-corrected chi connectivity index (χ0v) is 35.2.